The van der Waals surface area contributed by atoms with E-state index in [2.05, 4.69) is 0 Å². The Bertz CT molecular complexity index is 917. The minimum atomic E-state index is -0.414. The Hall–Kier alpha value is -3.48. The third-order valence-electron chi connectivity index (χ3n) is 4.78. The summed E-state index contributed by atoms with van der Waals surface area (Å²) in [4.78, 5) is 38.4. The van der Waals surface area contributed by atoms with Crippen LogP contribution in [-0.2, 0) is 9.59 Å². The van der Waals surface area contributed by atoms with E-state index in [1.165, 1.54) is 19.1 Å². The smallest absolute Gasteiger partial charge is 0.277 e. The minimum absolute atomic E-state index is 0.00382. The topological polar surface area (TPSA) is 83.8 Å². The predicted octanol–water partition coefficient (Wildman–Crippen LogP) is 2.97. The van der Waals surface area contributed by atoms with Gasteiger partial charge in [-0.3, -0.25) is 19.7 Å². The van der Waals surface area contributed by atoms with Crippen molar-refractivity contribution in [1.82, 2.24) is 9.80 Å². The van der Waals surface area contributed by atoms with Crippen LogP contribution in [0.2, 0.25) is 0 Å². The first-order valence-corrected chi connectivity index (χ1v) is 9.02. The van der Waals surface area contributed by atoms with E-state index in [4.69, 9.17) is 0 Å². The molecule has 0 spiro atoms. The molecule has 144 valence electrons. The molecule has 2 aromatic rings. The number of benzene rings is 2. The van der Waals surface area contributed by atoms with Crippen molar-refractivity contribution in [3.63, 3.8) is 0 Å². The van der Waals surface area contributed by atoms with Crippen LogP contribution in [0.25, 0.3) is 17.2 Å². The van der Waals surface area contributed by atoms with Gasteiger partial charge in [0.25, 0.3) is 5.69 Å². The van der Waals surface area contributed by atoms with Crippen LogP contribution in [0, 0.1) is 10.1 Å². The van der Waals surface area contributed by atoms with Crippen molar-refractivity contribution in [1.29, 1.82) is 0 Å². The molecule has 0 N–H and O–H groups in total. The summed E-state index contributed by atoms with van der Waals surface area (Å²) in [5.74, 6) is -0.166. The Morgan fingerprint density at radius 3 is 2.21 bits per heavy atom. The second-order valence-electron chi connectivity index (χ2n) is 6.53. The average Bonchev–Trinajstić information content (AvgIpc) is 2.72. The molecule has 0 aromatic heterocycles. The van der Waals surface area contributed by atoms with Gasteiger partial charge in [0.2, 0.25) is 11.8 Å². The van der Waals surface area contributed by atoms with Gasteiger partial charge in [-0.1, -0.05) is 42.5 Å². The molecule has 1 saturated heterocycles. The van der Waals surface area contributed by atoms with E-state index >= 15 is 0 Å². The number of carbonyl (C=O) groups excluding carboxylic acids is 2. The van der Waals surface area contributed by atoms with E-state index in [1.807, 2.05) is 30.3 Å². The van der Waals surface area contributed by atoms with Gasteiger partial charge in [0.1, 0.15) is 0 Å². The van der Waals surface area contributed by atoms with Crippen molar-refractivity contribution in [2.24, 2.45) is 0 Å². The highest BCUT2D eigenvalue weighted by Crippen LogP contribution is 2.33. The fourth-order valence-electron chi connectivity index (χ4n) is 3.28. The molecule has 0 saturated carbocycles. The number of amides is 2. The molecule has 1 aliphatic rings. The molecule has 7 nitrogen and oxygen atoms in total. The van der Waals surface area contributed by atoms with Gasteiger partial charge in [0, 0.05) is 45.2 Å². The van der Waals surface area contributed by atoms with E-state index in [0.29, 0.717) is 37.3 Å². The first kappa shape index (κ1) is 19.3. The summed E-state index contributed by atoms with van der Waals surface area (Å²) in [5, 5.41) is 11.5. The summed E-state index contributed by atoms with van der Waals surface area (Å²) in [7, 11) is 0. The van der Waals surface area contributed by atoms with Crippen LogP contribution in [0.5, 0.6) is 0 Å². The Labute approximate surface area is 163 Å². The summed E-state index contributed by atoms with van der Waals surface area (Å²) in [5.41, 5.74) is 1.81. The lowest BCUT2D eigenvalue weighted by Gasteiger charge is -2.33. The van der Waals surface area contributed by atoms with Crippen molar-refractivity contribution >= 4 is 23.6 Å². The Morgan fingerprint density at radius 1 is 0.964 bits per heavy atom. The molecule has 0 atom stereocenters. The lowest BCUT2D eigenvalue weighted by molar-refractivity contribution is -0.384. The Balaban J connectivity index is 1.84. The molecule has 0 bridgehead atoms. The molecule has 0 aliphatic carbocycles. The zero-order valence-corrected chi connectivity index (χ0v) is 15.6. The maximum Gasteiger partial charge on any atom is 0.277 e. The van der Waals surface area contributed by atoms with Gasteiger partial charge >= 0.3 is 0 Å². The number of hydrogen-bond acceptors (Lipinski definition) is 4. The van der Waals surface area contributed by atoms with Gasteiger partial charge in [0.15, 0.2) is 0 Å². The monoisotopic (exact) mass is 379 g/mol. The molecule has 3 rings (SSSR count). The highest BCUT2D eigenvalue weighted by molar-refractivity contribution is 5.94. The highest BCUT2D eigenvalue weighted by atomic mass is 16.6. The normalized spacial score (nSPS) is 14.3. The van der Waals surface area contributed by atoms with Crippen molar-refractivity contribution in [2.45, 2.75) is 6.92 Å². The number of nitro groups is 1. The van der Waals surface area contributed by atoms with Gasteiger partial charge in [-0.05, 0) is 17.2 Å². The number of nitro benzene ring substituents is 1. The summed E-state index contributed by atoms with van der Waals surface area (Å²) < 4.78 is 0. The van der Waals surface area contributed by atoms with Gasteiger partial charge < -0.3 is 9.80 Å². The van der Waals surface area contributed by atoms with Gasteiger partial charge in [-0.2, -0.15) is 0 Å². The van der Waals surface area contributed by atoms with Gasteiger partial charge in [-0.25, -0.2) is 0 Å². The van der Waals surface area contributed by atoms with Gasteiger partial charge in [0.05, 0.1) is 10.5 Å². The fourth-order valence-corrected chi connectivity index (χ4v) is 3.28. The molecular weight excluding hydrogens is 358 g/mol. The van der Waals surface area contributed by atoms with Crippen molar-refractivity contribution in [3.8, 4) is 11.1 Å². The SMILES string of the molecule is CC(=O)N1CCN(C(=O)/C=C/c2cccc([N+](=O)[O-])c2-c2ccccc2)CC1. The van der Waals surface area contributed by atoms with Crippen molar-refractivity contribution < 1.29 is 14.5 Å². The summed E-state index contributed by atoms with van der Waals surface area (Å²) in [6.45, 7) is 3.50. The molecule has 0 unspecified atom stereocenters. The van der Waals surface area contributed by atoms with E-state index in [0.717, 1.165) is 5.56 Å². The zero-order valence-electron chi connectivity index (χ0n) is 15.6. The predicted molar refractivity (Wildman–Crippen MR) is 106 cm³/mol. The molecular formula is C21H21N3O4. The van der Waals surface area contributed by atoms with E-state index in [9.17, 15) is 19.7 Å². The summed E-state index contributed by atoms with van der Waals surface area (Å²) in [6, 6.07) is 13.9. The summed E-state index contributed by atoms with van der Waals surface area (Å²) >= 11 is 0. The number of piperazine rings is 1. The third-order valence-corrected chi connectivity index (χ3v) is 4.78. The van der Waals surface area contributed by atoms with E-state index in [-0.39, 0.29) is 17.5 Å². The molecule has 1 aliphatic heterocycles. The first-order chi connectivity index (χ1) is 13.5. The maximum absolute atomic E-state index is 12.5. The Kier molecular flexibility index (Phi) is 5.84. The average molecular weight is 379 g/mol. The molecule has 1 fully saturated rings. The van der Waals surface area contributed by atoms with Crippen LogP contribution in [0.1, 0.15) is 12.5 Å². The number of carbonyl (C=O) groups is 2. The second kappa shape index (κ2) is 8.47. The fraction of sp³-hybridized carbons (Fsp3) is 0.238. The molecule has 0 radical (unpaired) electrons. The second-order valence-corrected chi connectivity index (χ2v) is 6.53. The Morgan fingerprint density at radius 2 is 1.61 bits per heavy atom. The lowest BCUT2D eigenvalue weighted by atomic mass is 9.97. The van der Waals surface area contributed by atoms with Crippen LogP contribution >= 0.6 is 0 Å². The van der Waals surface area contributed by atoms with E-state index in [1.54, 1.807) is 28.0 Å². The quantitative estimate of drug-likeness (QED) is 0.464. The van der Waals surface area contributed by atoms with Gasteiger partial charge in [-0.15, -0.1) is 0 Å². The van der Waals surface area contributed by atoms with E-state index < -0.39 is 4.92 Å². The maximum atomic E-state index is 12.5. The highest BCUT2D eigenvalue weighted by Gasteiger charge is 2.21. The molecule has 2 amide bonds. The van der Waals surface area contributed by atoms with Crippen LogP contribution in [0.3, 0.4) is 0 Å². The molecule has 2 aromatic carbocycles. The van der Waals surface area contributed by atoms with Crippen LogP contribution in [0.15, 0.2) is 54.6 Å². The first-order valence-electron chi connectivity index (χ1n) is 9.02. The zero-order chi connectivity index (χ0) is 20.1. The molecule has 7 heteroatoms. The van der Waals surface area contributed by atoms with Crippen LogP contribution in [-0.4, -0.2) is 52.7 Å². The lowest BCUT2D eigenvalue weighted by Crippen LogP contribution is -2.49. The standard InChI is InChI=1S/C21H21N3O4/c1-16(25)22-12-14-23(15-13-22)20(26)11-10-18-8-5-9-19(24(27)28)21(18)17-6-3-2-4-7-17/h2-11H,12-15H2,1H3/b11-10+. The summed E-state index contributed by atoms with van der Waals surface area (Å²) in [6.07, 6.45) is 3.06. The number of hydrogen-bond donors (Lipinski definition) is 0. The molecule has 28 heavy (non-hydrogen) atoms. The van der Waals surface area contributed by atoms with Crippen LogP contribution in [0.4, 0.5) is 5.69 Å². The van der Waals surface area contributed by atoms with Crippen molar-refractivity contribution in [2.75, 3.05) is 26.2 Å². The number of nitrogens with zero attached hydrogens (tertiary/aromatic N) is 3. The molecule has 1 heterocycles. The number of rotatable bonds is 4. The van der Waals surface area contributed by atoms with Crippen molar-refractivity contribution in [3.05, 3.63) is 70.3 Å². The third kappa shape index (κ3) is 4.25. The largest absolute Gasteiger partial charge is 0.339 e. The van der Waals surface area contributed by atoms with Crippen LogP contribution < -0.4 is 0 Å². The minimum Gasteiger partial charge on any atom is -0.339 e.